The molecule has 0 bridgehead atoms. The number of rotatable bonds is 8. The van der Waals surface area contributed by atoms with Crippen LogP contribution in [0, 0.1) is 0 Å². The first-order valence-corrected chi connectivity index (χ1v) is 10.2. The highest BCUT2D eigenvalue weighted by atomic mass is 16.5. The summed E-state index contributed by atoms with van der Waals surface area (Å²) >= 11 is 0. The maximum absolute atomic E-state index is 12.3. The van der Waals surface area contributed by atoms with Crippen molar-refractivity contribution in [3.05, 3.63) is 101 Å². The Labute approximate surface area is 186 Å². The molecule has 0 unspecified atom stereocenters. The minimum absolute atomic E-state index is 0.239. The first-order valence-electron chi connectivity index (χ1n) is 10.2. The Morgan fingerprint density at radius 2 is 1.34 bits per heavy atom. The van der Waals surface area contributed by atoms with Crippen molar-refractivity contribution in [1.82, 2.24) is 16.0 Å². The van der Waals surface area contributed by atoms with Gasteiger partial charge in [-0.2, -0.15) is 0 Å². The summed E-state index contributed by atoms with van der Waals surface area (Å²) in [6.07, 6.45) is 0.623. The van der Waals surface area contributed by atoms with Crippen LogP contribution in [-0.2, 0) is 13.0 Å². The lowest BCUT2D eigenvalue weighted by Gasteiger charge is -2.08. The third kappa shape index (κ3) is 6.70. The Morgan fingerprint density at radius 1 is 0.719 bits per heavy atom. The Hall–Kier alpha value is -4.13. The predicted molar refractivity (Wildman–Crippen MR) is 122 cm³/mol. The lowest BCUT2D eigenvalue weighted by molar-refractivity contribution is 0.0943. The van der Waals surface area contributed by atoms with Crippen molar-refractivity contribution in [2.75, 3.05) is 13.7 Å². The first-order chi connectivity index (χ1) is 15.5. The molecule has 0 aliphatic heterocycles. The molecule has 7 nitrogen and oxygen atoms in total. The SMILES string of the molecule is COc1ccc(CCNC(=O)NC(=O)c2ccc(C(=O)NCc3ccccc3)cc2)cc1. The van der Waals surface area contributed by atoms with Crippen molar-refractivity contribution in [3.63, 3.8) is 0 Å². The Bertz CT molecular complexity index is 1050. The van der Waals surface area contributed by atoms with Crippen molar-refractivity contribution in [2.24, 2.45) is 0 Å². The van der Waals surface area contributed by atoms with E-state index in [-0.39, 0.29) is 11.5 Å². The van der Waals surface area contributed by atoms with Crippen LogP contribution in [-0.4, -0.2) is 31.5 Å². The van der Waals surface area contributed by atoms with Gasteiger partial charge in [0.15, 0.2) is 0 Å². The normalized spacial score (nSPS) is 10.2. The highest BCUT2D eigenvalue weighted by Gasteiger charge is 2.11. The molecule has 0 heterocycles. The molecule has 0 atom stereocenters. The maximum atomic E-state index is 12.3. The molecular weight excluding hydrogens is 406 g/mol. The summed E-state index contributed by atoms with van der Waals surface area (Å²) in [6.45, 7) is 0.796. The first kappa shape index (κ1) is 22.6. The molecule has 3 rings (SSSR count). The Balaban J connectivity index is 1.43. The van der Waals surface area contributed by atoms with Crippen molar-refractivity contribution in [2.45, 2.75) is 13.0 Å². The highest BCUT2D eigenvalue weighted by molar-refractivity contribution is 6.04. The van der Waals surface area contributed by atoms with Crippen LogP contribution in [0.15, 0.2) is 78.9 Å². The van der Waals surface area contributed by atoms with Crippen LogP contribution >= 0.6 is 0 Å². The second kappa shape index (κ2) is 11.3. The van der Waals surface area contributed by atoms with Crippen molar-refractivity contribution in [3.8, 4) is 5.75 Å². The topological polar surface area (TPSA) is 96.5 Å². The molecule has 0 saturated heterocycles. The molecule has 0 fully saturated rings. The van der Waals surface area contributed by atoms with Crippen LogP contribution in [0.4, 0.5) is 4.79 Å². The van der Waals surface area contributed by atoms with E-state index in [0.717, 1.165) is 16.9 Å². The van der Waals surface area contributed by atoms with E-state index in [0.29, 0.717) is 25.1 Å². The summed E-state index contributed by atoms with van der Waals surface area (Å²) in [5, 5.41) is 7.77. The fraction of sp³-hybridized carbons (Fsp3) is 0.160. The van der Waals surface area contributed by atoms with Gasteiger partial charge in [0.1, 0.15) is 5.75 Å². The van der Waals surface area contributed by atoms with Gasteiger partial charge in [-0.3, -0.25) is 14.9 Å². The number of nitrogens with one attached hydrogen (secondary N) is 3. The largest absolute Gasteiger partial charge is 0.497 e. The van der Waals surface area contributed by atoms with Crippen LogP contribution in [0.5, 0.6) is 5.75 Å². The number of amides is 4. The quantitative estimate of drug-likeness (QED) is 0.510. The summed E-state index contributed by atoms with van der Waals surface area (Å²) in [5.41, 5.74) is 2.75. The minimum Gasteiger partial charge on any atom is -0.497 e. The molecule has 32 heavy (non-hydrogen) atoms. The number of benzene rings is 3. The van der Waals surface area contributed by atoms with Gasteiger partial charge in [-0.05, 0) is 53.9 Å². The van der Waals surface area contributed by atoms with Crippen molar-refractivity contribution in [1.29, 1.82) is 0 Å². The van der Waals surface area contributed by atoms with Crippen LogP contribution in [0.2, 0.25) is 0 Å². The van der Waals surface area contributed by atoms with Crippen LogP contribution in [0.1, 0.15) is 31.8 Å². The van der Waals surface area contributed by atoms with Crippen LogP contribution in [0.3, 0.4) is 0 Å². The second-order valence-corrected chi connectivity index (χ2v) is 7.05. The second-order valence-electron chi connectivity index (χ2n) is 7.05. The zero-order valence-corrected chi connectivity index (χ0v) is 17.8. The van der Waals surface area contributed by atoms with E-state index in [4.69, 9.17) is 4.74 Å². The van der Waals surface area contributed by atoms with Gasteiger partial charge in [-0.25, -0.2) is 4.79 Å². The number of hydrogen-bond donors (Lipinski definition) is 3. The van der Waals surface area contributed by atoms with E-state index in [2.05, 4.69) is 16.0 Å². The molecule has 7 heteroatoms. The van der Waals surface area contributed by atoms with Gasteiger partial charge in [0.05, 0.1) is 7.11 Å². The number of imide groups is 1. The van der Waals surface area contributed by atoms with Gasteiger partial charge in [-0.1, -0.05) is 42.5 Å². The molecule has 0 spiro atoms. The summed E-state index contributed by atoms with van der Waals surface area (Å²) < 4.78 is 5.11. The molecule has 0 aliphatic rings. The van der Waals surface area contributed by atoms with E-state index in [1.165, 1.54) is 12.1 Å². The van der Waals surface area contributed by atoms with Gasteiger partial charge in [0.2, 0.25) is 0 Å². The Morgan fingerprint density at radius 3 is 1.97 bits per heavy atom. The van der Waals surface area contributed by atoms with E-state index in [1.807, 2.05) is 54.6 Å². The zero-order chi connectivity index (χ0) is 22.8. The minimum atomic E-state index is -0.576. The van der Waals surface area contributed by atoms with Gasteiger partial charge >= 0.3 is 6.03 Å². The summed E-state index contributed by atoms with van der Waals surface area (Å²) in [6, 6.07) is 22.7. The van der Waals surface area contributed by atoms with Gasteiger partial charge < -0.3 is 15.4 Å². The number of urea groups is 1. The third-order valence-electron chi connectivity index (χ3n) is 4.79. The lowest BCUT2D eigenvalue weighted by Crippen LogP contribution is -2.40. The molecule has 0 aliphatic carbocycles. The fourth-order valence-electron chi connectivity index (χ4n) is 2.99. The summed E-state index contributed by atoms with van der Waals surface area (Å²) in [5.74, 6) is -0.00924. The molecule has 4 amide bonds. The number of methoxy groups -OCH3 is 1. The number of hydrogen-bond acceptors (Lipinski definition) is 4. The zero-order valence-electron chi connectivity index (χ0n) is 17.8. The molecule has 3 aromatic carbocycles. The monoisotopic (exact) mass is 431 g/mol. The standard InChI is InChI=1S/C25H25N3O4/c1-32-22-13-7-18(8-14-22)15-16-26-25(31)28-24(30)21-11-9-20(10-12-21)23(29)27-17-19-5-3-2-4-6-19/h2-14H,15-17H2,1H3,(H,27,29)(H2,26,28,30,31). The molecule has 0 radical (unpaired) electrons. The average molecular weight is 431 g/mol. The summed E-state index contributed by atoms with van der Waals surface area (Å²) in [7, 11) is 1.60. The predicted octanol–water partition coefficient (Wildman–Crippen LogP) is 3.31. The van der Waals surface area contributed by atoms with Crippen LogP contribution in [0.25, 0.3) is 0 Å². The molecule has 0 saturated carbocycles. The van der Waals surface area contributed by atoms with E-state index >= 15 is 0 Å². The number of carbonyl (C=O) groups is 3. The third-order valence-corrected chi connectivity index (χ3v) is 4.79. The van der Waals surface area contributed by atoms with E-state index in [9.17, 15) is 14.4 Å². The molecule has 3 N–H and O–H groups in total. The molecule has 164 valence electrons. The maximum Gasteiger partial charge on any atom is 0.321 e. The van der Waals surface area contributed by atoms with Gasteiger partial charge in [0.25, 0.3) is 11.8 Å². The van der Waals surface area contributed by atoms with E-state index < -0.39 is 11.9 Å². The Kier molecular flexibility index (Phi) is 7.97. The number of carbonyl (C=O) groups excluding carboxylic acids is 3. The molecule has 3 aromatic rings. The molecule has 0 aromatic heterocycles. The van der Waals surface area contributed by atoms with Crippen molar-refractivity contribution >= 4 is 17.8 Å². The average Bonchev–Trinajstić information content (AvgIpc) is 2.83. The molecular formula is C25H25N3O4. The number of ether oxygens (including phenoxy) is 1. The lowest BCUT2D eigenvalue weighted by atomic mass is 10.1. The fourth-order valence-corrected chi connectivity index (χ4v) is 2.99. The summed E-state index contributed by atoms with van der Waals surface area (Å²) in [4.78, 5) is 36.5. The highest BCUT2D eigenvalue weighted by Crippen LogP contribution is 2.11. The van der Waals surface area contributed by atoms with E-state index in [1.54, 1.807) is 19.2 Å². The van der Waals surface area contributed by atoms with Crippen molar-refractivity contribution < 1.29 is 19.1 Å². The van der Waals surface area contributed by atoms with Crippen LogP contribution < -0.4 is 20.7 Å². The van der Waals surface area contributed by atoms with Gasteiger partial charge in [0, 0.05) is 24.2 Å². The smallest absolute Gasteiger partial charge is 0.321 e. The van der Waals surface area contributed by atoms with Gasteiger partial charge in [-0.15, -0.1) is 0 Å².